The van der Waals surface area contributed by atoms with Gasteiger partial charge in [-0.1, -0.05) is 72.0 Å². The van der Waals surface area contributed by atoms with Gasteiger partial charge in [0, 0.05) is 26.2 Å². The summed E-state index contributed by atoms with van der Waals surface area (Å²) in [5.74, 6) is 0.800. The van der Waals surface area contributed by atoms with Gasteiger partial charge in [-0.05, 0) is 36.2 Å². The Bertz CT molecular complexity index is 1210. The Hall–Kier alpha value is -3.26. The Morgan fingerprint density at radius 2 is 1.63 bits per heavy atom. The van der Waals surface area contributed by atoms with Crippen LogP contribution in [0, 0.1) is 0 Å². The topological polar surface area (TPSA) is 57.7 Å². The summed E-state index contributed by atoms with van der Waals surface area (Å²) in [6.45, 7) is 6.47. The molecule has 0 bridgehead atoms. The van der Waals surface area contributed by atoms with Crippen LogP contribution < -0.4 is 10.1 Å². The van der Waals surface area contributed by atoms with E-state index in [-0.39, 0.29) is 11.9 Å². The molecule has 1 aliphatic heterocycles. The highest BCUT2D eigenvalue weighted by Gasteiger charge is 2.27. The molecule has 180 valence electrons. The number of carbonyl (C=O) groups excluding carboxylic acids is 1. The van der Waals surface area contributed by atoms with Crippen LogP contribution in [-0.4, -0.2) is 60.0 Å². The lowest BCUT2D eigenvalue weighted by molar-refractivity contribution is -0.117. The zero-order valence-electron chi connectivity index (χ0n) is 19.9. The lowest BCUT2D eigenvalue weighted by atomic mass is 9.96. The molecule has 0 saturated carbocycles. The van der Waals surface area contributed by atoms with Crippen LogP contribution in [0.1, 0.15) is 24.1 Å². The Morgan fingerprint density at radius 1 is 0.971 bits per heavy atom. The van der Waals surface area contributed by atoms with Crippen LogP contribution in [-0.2, 0) is 4.79 Å². The van der Waals surface area contributed by atoms with Crippen LogP contribution in [0.5, 0.6) is 5.75 Å². The summed E-state index contributed by atoms with van der Waals surface area (Å²) in [4.78, 5) is 22.1. The van der Waals surface area contributed by atoms with Crippen LogP contribution in [0.4, 0.5) is 5.13 Å². The van der Waals surface area contributed by atoms with E-state index in [2.05, 4.69) is 80.8 Å². The number of hydrogen-bond acceptors (Lipinski definition) is 6. The monoisotopic (exact) mass is 486 g/mol. The molecule has 3 aromatic carbocycles. The first-order valence-electron chi connectivity index (χ1n) is 12.1. The van der Waals surface area contributed by atoms with E-state index in [0.29, 0.717) is 18.3 Å². The number of anilines is 1. The molecule has 6 nitrogen and oxygen atoms in total. The molecule has 5 rings (SSSR count). The van der Waals surface area contributed by atoms with Crippen molar-refractivity contribution < 1.29 is 9.53 Å². The number of nitrogens with one attached hydrogen (secondary N) is 1. The van der Waals surface area contributed by atoms with E-state index >= 15 is 0 Å². The number of aromatic nitrogens is 1. The molecule has 0 aliphatic carbocycles. The largest absolute Gasteiger partial charge is 0.494 e. The van der Waals surface area contributed by atoms with Crippen molar-refractivity contribution in [2.75, 3.05) is 44.6 Å². The number of benzene rings is 3. The molecule has 1 amide bonds. The molecule has 0 radical (unpaired) electrons. The molecule has 1 aromatic heterocycles. The third-order valence-corrected chi connectivity index (χ3v) is 7.22. The Balaban J connectivity index is 1.19. The highest BCUT2D eigenvalue weighted by atomic mass is 32.1. The zero-order chi connectivity index (χ0) is 24.0. The second kappa shape index (κ2) is 11.0. The summed E-state index contributed by atoms with van der Waals surface area (Å²) < 4.78 is 6.57. The summed E-state index contributed by atoms with van der Waals surface area (Å²) in [6.07, 6.45) is 0. The van der Waals surface area contributed by atoms with Crippen molar-refractivity contribution in [3.8, 4) is 5.75 Å². The normalized spacial score (nSPS) is 14.9. The molecule has 1 N–H and O–H groups in total. The van der Waals surface area contributed by atoms with Crippen LogP contribution in [0.25, 0.3) is 10.2 Å². The fraction of sp³-hybridized carbons (Fsp3) is 0.286. The molecule has 0 atom stereocenters. The first-order valence-corrected chi connectivity index (χ1v) is 12.9. The second-order valence-electron chi connectivity index (χ2n) is 8.67. The first kappa shape index (κ1) is 23.5. The molecule has 35 heavy (non-hydrogen) atoms. The van der Waals surface area contributed by atoms with E-state index in [1.54, 1.807) is 0 Å². The van der Waals surface area contributed by atoms with E-state index in [9.17, 15) is 4.79 Å². The van der Waals surface area contributed by atoms with Gasteiger partial charge in [0.2, 0.25) is 5.91 Å². The number of carbonyl (C=O) groups is 1. The van der Waals surface area contributed by atoms with Crippen molar-refractivity contribution in [3.05, 3.63) is 90.0 Å². The minimum atomic E-state index is -0.0230. The molecule has 1 fully saturated rings. The van der Waals surface area contributed by atoms with Gasteiger partial charge in [-0.3, -0.25) is 14.6 Å². The maximum absolute atomic E-state index is 12.8. The quantitative estimate of drug-likeness (QED) is 0.378. The number of piperazine rings is 1. The van der Waals surface area contributed by atoms with Crippen molar-refractivity contribution in [3.63, 3.8) is 0 Å². The van der Waals surface area contributed by atoms with Gasteiger partial charge in [0.1, 0.15) is 5.75 Å². The maximum Gasteiger partial charge on any atom is 0.240 e. The van der Waals surface area contributed by atoms with E-state index < -0.39 is 0 Å². The Labute approximate surface area is 210 Å². The zero-order valence-corrected chi connectivity index (χ0v) is 20.7. The lowest BCUT2D eigenvalue weighted by Gasteiger charge is -2.39. The first-order chi connectivity index (χ1) is 17.2. The molecule has 4 aromatic rings. The molecule has 7 heteroatoms. The van der Waals surface area contributed by atoms with Crippen molar-refractivity contribution in [2.45, 2.75) is 13.0 Å². The Morgan fingerprint density at radius 3 is 2.26 bits per heavy atom. The number of amides is 1. The number of nitrogens with zero attached hydrogens (tertiary/aromatic N) is 3. The predicted octanol–water partition coefficient (Wildman–Crippen LogP) is 5.04. The van der Waals surface area contributed by atoms with Crippen LogP contribution in [0.15, 0.2) is 78.9 Å². The predicted molar refractivity (Wildman–Crippen MR) is 142 cm³/mol. The standard InChI is InChI=1S/C28H30N4O2S/c1-2-34-23-13-14-24-25(19-23)35-28(29-24)30-26(33)20-31-15-17-32(18-16-31)27(21-9-5-3-6-10-21)22-11-7-4-8-12-22/h3-14,19,27H,2,15-18,20H2,1H3,(H,29,30,33). The van der Waals surface area contributed by atoms with Crippen molar-refractivity contribution >= 4 is 32.6 Å². The number of thiazole rings is 1. The lowest BCUT2D eigenvalue weighted by Crippen LogP contribution is -2.49. The van der Waals surface area contributed by atoms with Gasteiger partial charge in [0.15, 0.2) is 5.13 Å². The third-order valence-electron chi connectivity index (χ3n) is 6.29. The van der Waals surface area contributed by atoms with Gasteiger partial charge in [0.05, 0.1) is 29.4 Å². The smallest absolute Gasteiger partial charge is 0.240 e. The van der Waals surface area contributed by atoms with E-state index in [0.717, 1.165) is 42.1 Å². The summed E-state index contributed by atoms with van der Waals surface area (Å²) in [5.41, 5.74) is 3.47. The fourth-order valence-electron chi connectivity index (χ4n) is 4.64. The van der Waals surface area contributed by atoms with Gasteiger partial charge in [-0.15, -0.1) is 0 Å². The van der Waals surface area contributed by atoms with Gasteiger partial charge >= 0.3 is 0 Å². The maximum atomic E-state index is 12.8. The SMILES string of the molecule is CCOc1ccc2nc(NC(=O)CN3CCN(C(c4ccccc4)c4ccccc4)CC3)sc2c1. The highest BCUT2D eigenvalue weighted by molar-refractivity contribution is 7.22. The summed E-state index contributed by atoms with van der Waals surface area (Å²) in [7, 11) is 0. The van der Waals surface area contributed by atoms with Gasteiger partial charge in [0.25, 0.3) is 0 Å². The summed E-state index contributed by atoms with van der Waals surface area (Å²) >= 11 is 1.48. The van der Waals surface area contributed by atoms with Crippen LogP contribution in [0.2, 0.25) is 0 Å². The minimum absolute atomic E-state index is 0.0230. The third kappa shape index (κ3) is 5.70. The van der Waals surface area contributed by atoms with Crippen molar-refractivity contribution in [1.29, 1.82) is 0 Å². The average Bonchev–Trinajstić information content (AvgIpc) is 3.28. The van der Waals surface area contributed by atoms with E-state index in [1.807, 2.05) is 25.1 Å². The molecule has 0 spiro atoms. The molecule has 0 unspecified atom stereocenters. The molecular weight excluding hydrogens is 456 g/mol. The van der Waals surface area contributed by atoms with Gasteiger partial charge in [-0.2, -0.15) is 0 Å². The van der Waals surface area contributed by atoms with Crippen molar-refractivity contribution in [1.82, 2.24) is 14.8 Å². The molecule has 2 heterocycles. The fourth-order valence-corrected chi connectivity index (χ4v) is 5.55. The molecule has 1 saturated heterocycles. The number of rotatable bonds is 8. The second-order valence-corrected chi connectivity index (χ2v) is 9.70. The Kier molecular flexibility index (Phi) is 7.37. The van der Waals surface area contributed by atoms with E-state index in [4.69, 9.17) is 4.74 Å². The van der Waals surface area contributed by atoms with E-state index in [1.165, 1.54) is 22.5 Å². The van der Waals surface area contributed by atoms with Gasteiger partial charge < -0.3 is 10.1 Å². The van der Waals surface area contributed by atoms with Crippen molar-refractivity contribution in [2.24, 2.45) is 0 Å². The minimum Gasteiger partial charge on any atom is -0.494 e. The van der Waals surface area contributed by atoms with Crippen LogP contribution >= 0.6 is 11.3 Å². The van der Waals surface area contributed by atoms with Crippen LogP contribution in [0.3, 0.4) is 0 Å². The summed E-state index contributed by atoms with van der Waals surface area (Å²) in [5, 5.41) is 3.62. The molecular formula is C28H30N4O2S. The number of ether oxygens (including phenoxy) is 1. The van der Waals surface area contributed by atoms with Gasteiger partial charge in [-0.25, -0.2) is 4.98 Å². The highest BCUT2D eigenvalue weighted by Crippen LogP contribution is 2.30. The number of fused-ring (bicyclic) bond motifs is 1. The average molecular weight is 487 g/mol. The number of hydrogen-bond donors (Lipinski definition) is 1. The summed E-state index contributed by atoms with van der Waals surface area (Å²) in [6, 6.07) is 27.4. The molecule has 1 aliphatic rings.